The summed E-state index contributed by atoms with van der Waals surface area (Å²) in [4.78, 5) is 8.68. The van der Waals surface area contributed by atoms with E-state index in [-0.39, 0.29) is 24.0 Å². The maximum atomic E-state index is 13.8. The average Bonchev–Trinajstić information content (AvgIpc) is 3.33. The summed E-state index contributed by atoms with van der Waals surface area (Å²) in [5.41, 5.74) is 1.31. The molecule has 3 aromatic rings. The van der Waals surface area contributed by atoms with Crippen molar-refractivity contribution in [3.8, 4) is 17.2 Å². The molecule has 3 atom stereocenters. The van der Waals surface area contributed by atoms with Crippen LogP contribution in [0.1, 0.15) is 69.5 Å². The second-order valence-corrected chi connectivity index (χ2v) is 11.7. The number of sulfonamides is 1. The standard InChI is InChI=1S/C26H36N6O6S/c1-16(2)38-23(24-27-14-17(3)15-28-24)18(4)39(33,34)31-26-30-29-25(21-10-7-8-13-37-21)32(26)22-19(35-5)11-9-12-20(22)36-6/h9,11-12,14-16,18,21,23H,7-8,10,13H2,1-6H3,(H,30,31)/t18-,21-,23+/m0/s1. The number of para-hydroxylation sites is 1. The first kappa shape index (κ1) is 28.7. The summed E-state index contributed by atoms with van der Waals surface area (Å²) in [6, 6.07) is 5.29. The fraction of sp³-hybridized carbons (Fsp3) is 0.538. The van der Waals surface area contributed by atoms with E-state index in [1.54, 1.807) is 42.1 Å². The van der Waals surface area contributed by atoms with Gasteiger partial charge in [0.2, 0.25) is 16.0 Å². The molecule has 2 aromatic heterocycles. The highest BCUT2D eigenvalue weighted by atomic mass is 32.2. The van der Waals surface area contributed by atoms with Crippen LogP contribution >= 0.6 is 0 Å². The van der Waals surface area contributed by atoms with Crippen molar-refractivity contribution in [1.29, 1.82) is 0 Å². The minimum Gasteiger partial charge on any atom is -0.494 e. The lowest BCUT2D eigenvalue weighted by atomic mass is 10.1. The maximum Gasteiger partial charge on any atom is 0.243 e. The molecule has 0 spiro atoms. The van der Waals surface area contributed by atoms with E-state index in [1.165, 1.54) is 14.2 Å². The Morgan fingerprint density at radius 3 is 2.28 bits per heavy atom. The summed E-state index contributed by atoms with van der Waals surface area (Å²) in [7, 11) is -1.05. The molecule has 1 fully saturated rings. The summed E-state index contributed by atoms with van der Waals surface area (Å²) in [5.74, 6) is 1.60. The highest BCUT2D eigenvalue weighted by Crippen LogP contribution is 2.39. The minimum atomic E-state index is -4.10. The molecule has 0 amide bonds. The zero-order valence-corrected chi connectivity index (χ0v) is 23.9. The van der Waals surface area contributed by atoms with E-state index in [0.717, 1.165) is 18.4 Å². The summed E-state index contributed by atoms with van der Waals surface area (Å²) < 4.78 is 55.1. The smallest absolute Gasteiger partial charge is 0.243 e. The van der Waals surface area contributed by atoms with Crippen LogP contribution in [0.2, 0.25) is 0 Å². The molecule has 1 aromatic carbocycles. The maximum absolute atomic E-state index is 13.8. The summed E-state index contributed by atoms with van der Waals surface area (Å²) in [6.45, 7) is 7.64. The van der Waals surface area contributed by atoms with Gasteiger partial charge in [-0.3, -0.25) is 9.29 Å². The summed E-state index contributed by atoms with van der Waals surface area (Å²) in [6.07, 6.45) is 4.29. The first-order chi connectivity index (χ1) is 18.7. The van der Waals surface area contributed by atoms with E-state index in [2.05, 4.69) is 24.9 Å². The second-order valence-electron chi connectivity index (χ2n) is 9.66. The van der Waals surface area contributed by atoms with Crippen molar-refractivity contribution in [3.63, 3.8) is 0 Å². The molecule has 39 heavy (non-hydrogen) atoms. The van der Waals surface area contributed by atoms with E-state index in [9.17, 15) is 8.42 Å². The molecule has 212 valence electrons. The number of aryl methyl sites for hydroxylation is 1. The Hall–Kier alpha value is -3.29. The number of hydrogen-bond acceptors (Lipinski definition) is 10. The Morgan fingerprint density at radius 2 is 1.72 bits per heavy atom. The normalized spacial score (nSPS) is 17.6. The minimum absolute atomic E-state index is 0.0260. The van der Waals surface area contributed by atoms with Crippen molar-refractivity contribution in [2.75, 3.05) is 25.5 Å². The molecule has 13 heteroatoms. The van der Waals surface area contributed by atoms with Crippen molar-refractivity contribution < 1.29 is 27.4 Å². The topological polar surface area (TPSA) is 140 Å². The number of benzene rings is 1. The lowest BCUT2D eigenvalue weighted by Gasteiger charge is -2.26. The molecule has 1 aliphatic rings. The largest absolute Gasteiger partial charge is 0.494 e. The monoisotopic (exact) mass is 560 g/mol. The third-order valence-corrected chi connectivity index (χ3v) is 8.10. The van der Waals surface area contributed by atoms with Crippen molar-refractivity contribution >= 4 is 16.0 Å². The first-order valence-electron chi connectivity index (χ1n) is 12.9. The van der Waals surface area contributed by atoms with Crippen LogP contribution in [-0.4, -0.2) is 65.3 Å². The van der Waals surface area contributed by atoms with Crippen molar-refractivity contribution in [2.24, 2.45) is 0 Å². The van der Waals surface area contributed by atoms with Gasteiger partial charge in [-0.1, -0.05) is 6.07 Å². The van der Waals surface area contributed by atoms with Gasteiger partial charge < -0.3 is 18.9 Å². The van der Waals surface area contributed by atoms with Gasteiger partial charge in [-0.05, 0) is 64.7 Å². The predicted octanol–water partition coefficient (Wildman–Crippen LogP) is 3.92. The lowest BCUT2D eigenvalue weighted by molar-refractivity contribution is 0.00151. The van der Waals surface area contributed by atoms with Crippen LogP contribution in [0.5, 0.6) is 11.5 Å². The average molecular weight is 561 g/mol. The van der Waals surface area contributed by atoms with Gasteiger partial charge in [0.1, 0.15) is 34.6 Å². The second kappa shape index (κ2) is 12.3. The van der Waals surface area contributed by atoms with Crippen LogP contribution in [-0.2, 0) is 19.5 Å². The van der Waals surface area contributed by atoms with E-state index < -0.39 is 21.4 Å². The van der Waals surface area contributed by atoms with Gasteiger partial charge in [-0.25, -0.2) is 18.4 Å². The van der Waals surface area contributed by atoms with Gasteiger partial charge in [0.05, 0.1) is 20.3 Å². The number of hydrogen-bond donors (Lipinski definition) is 1. The van der Waals surface area contributed by atoms with Crippen molar-refractivity contribution in [3.05, 3.63) is 47.8 Å². The molecule has 1 N–H and O–H groups in total. The van der Waals surface area contributed by atoms with Gasteiger partial charge >= 0.3 is 0 Å². The molecule has 3 heterocycles. The van der Waals surface area contributed by atoms with E-state index in [4.69, 9.17) is 18.9 Å². The Kier molecular flexibility index (Phi) is 9.03. The molecule has 12 nitrogen and oxygen atoms in total. The van der Waals surface area contributed by atoms with Crippen LogP contribution in [0.3, 0.4) is 0 Å². The Morgan fingerprint density at radius 1 is 1.05 bits per heavy atom. The van der Waals surface area contributed by atoms with Crippen LogP contribution in [0.25, 0.3) is 5.69 Å². The molecule has 1 saturated heterocycles. The molecule has 0 bridgehead atoms. The molecule has 1 aliphatic heterocycles. The van der Waals surface area contributed by atoms with Crippen LogP contribution in [0, 0.1) is 6.92 Å². The van der Waals surface area contributed by atoms with Crippen LogP contribution in [0.4, 0.5) is 5.95 Å². The van der Waals surface area contributed by atoms with Crippen molar-refractivity contribution in [1.82, 2.24) is 24.7 Å². The molecule has 0 unspecified atom stereocenters. The third-order valence-electron chi connectivity index (χ3n) is 6.40. The fourth-order valence-electron chi connectivity index (χ4n) is 4.39. The summed E-state index contributed by atoms with van der Waals surface area (Å²) >= 11 is 0. The van der Waals surface area contributed by atoms with Crippen molar-refractivity contribution in [2.45, 2.75) is 70.5 Å². The van der Waals surface area contributed by atoms with Gasteiger partial charge in [0.15, 0.2) is 11.6 Å². The number of anilines is 1. The van der Waals surface area contributed by atoms with E-state index in [1.807, 2.05) is 20.8 Å². The molecule has 4 rings (SSSR count). The molecule has 0 radical (unpaired) electrons. The highest BCUT2D eigenvalue weighted by molar-refractivity contribution is 7.93. The molecule has 0 saturated carbocycles. The van der Waals surface area contributed by atoms with E-state index >= 15 is 0 Å². The molecular weight excluding hydrogens is 524 g/mol. The predicted molar refractivity (Wildman–Crippen MR) is 145 cm³/mol. The lowest BCUT2D eigenvalue weighted by Crippen LogP contribution is -2.35. The zero-order valence-electron chi connectivity index (χ0n) is 23.1. The van der Waals surface area contributed by atoms with Crippen LogP contribution < -0.4 is 14.2 Å². The summed E-state index contributed by atoms with van der Waals surface area (Å²) in [5, 5.41) is 7.53. The van der Waals surface area contributed by atoms with Gasteiger partial charge in [-0.2, -0.15) is 0 Å². The van der Waals surface area contributed by atoms with Gasteiger partial charge in [0, 0.05) is 19.0 Å². The molecule has 0 aliphatic carbocycles. The van der Waals surface area contributed by atoms with Gasteiger partial charge in [-0.15, -0.1) is 10.2 Å². The number of ether oxygens (including phenoxy) is 4. The molecular formula is C26H36N6O6S. The fourth-order valence-corrected chi connectivity index (χ4v) is 5.48. The number of nitrogens with zero attached hydrogens (tertiary/aromatic N) is 5. The first-order valence-corrected chi connectivity index (χ1v) is 14.4. The Balaban J connectivity index is 1.79. The van der Waals surface area contributed by atoms with Crippen LogP contribution in [0.15, 0.2) is 30.6 Å². The SMILES string of the molecule is COc1cccc(OC)c1-n1c(NS(=O)(=O)[C@@H](C)[C@@H](OC(C)C)c2ncc(C)cn2)nnc1[C@@H]1CCCCO1. The highest BCUT2D eigenvalue weighted by Gasteiger charge is 2.37. The number of aromatic nitrogens is 5. The zero-order chi connectivity index (χ0) is 28.2. The van der Waals surface area contributed by atoms with E-state index in [0.29, 0.717) is 36.0 Å². The third kappa shape index (κ3) is 6.31. The quantitative estimate of drug-likeness (QED) is 0.367. The number of methoxy groups -OCH3 is 2. The Bertz CT molecular complexity index is 1330. The van der Waals surface area contributed by atoms with Gasteiger partial charge in [0.25, 0.3) is 0 Å². The Labute approximate surface area is 229 Å². The number of rotatable bonds is 11. The number of nitrogens with one attached hydrogen (secondary N) is 1.